The SMILES string of the molecule is CCc1ccc2oc(C(=O)Nc3c(C)cc(C)cc3C)c(C)c2c1. The van der Waals surface area contributed by atoms with Crippen LogP contribution in [0.3, 0.4) is 0 Å². The highest BCUT2D eigenvalue weighted by molar-refractivity contribution is 6.07. The average molecular weight is 321 g/mol. The fourth-order valence-electron chi connectivity index (χ4n) is 3.25. The van der Waals surface area contributed by atoms with Gasteiger partial charge in [0, 0.05) is 16.6 Å². The van der Waals surface area contributed by atoms with Crippen LogP contribution in [0.1, 0.15) is 45.3 Å². The molecule has 3 aromatic rings. The van der Waals surface area contributed by atoms with E-state index in [1.165, 1.54) is 11.1 Å². The maximum absolute atomic E-state index is 12.7. The van der Waals surface area contributed by atoms with Gasteiger partial charge in [-0.1, -0.05) is 30.7 Å². The van der Waals surface area contributed by atoms with Crippen LogP contribution in [0.4, 0.5) is 5.69 Å². The molecule has 0 saturated carbocycles. The minimum Gasteiger partial charge on any atom is -0.451 e. The summed E-state index contributed by atoms with van der Waals surface area (Å²) in [5, 5.41) is 4.03. The Bertz CT molecular complexity index is 911. The van der Waals surface area contributed by atoms with E-state index in [-0.39, 0.29) is 5.91 Å². The van der Waals surface area contributed by atoms with Gasteiger partial charge >= 0.3 is 0 Å². The van der Waals surface area contributed by atoms with Crippen molar-refractivity contribution >= 4 is 22.6 Å². The summed E-state index contributed by atoms with van der Waals surface area (Å²) in [6, 6.07) is 10.2. The monoisotopic (exact) mass is 321 g/mol. The van der Waals surface area contributed by atoms with Crippen molar-refractivity contribution in [3.8, 4) is 0 Å². The summed E-state index contributed by atoms with van der Waals surface area (Å²) < 4.78 is 5.82. The molecule has 0 radical (unpaired) electrons. The number of amides is 1. The van der Waals surface area contributed by atoms with Crippen molar-refractivity contribution in [1.82, 2.24) is 0 Å². The van der Waals surface area contributed by atoms with Crippen LogP contribution < -0.4 is 5.32 Å². The minimum absolute atomic E-state index is 0.197. The quantitative estimate of drug-likeness (QED) is 0.694. The predicted molar refractivity (Wildman–Crippen MR) is 98.9 cm³/mol. The number of carbonyl (C=O) groups is 1. The molecule has 1 heterocycles. The van der Waals surface area contributed by atoms with Crippen LogP contribution in [0, 0.1) is 27.7 Å². The normalized spacial score (nSPS) is 11.0. The second-order valence-corrected chi connectivity index (χ2v) is 6.47. The van der Waals surface area contributed by atoms with Crippen LogP contribution in [-0.2, 0) is 6.42 Å². The maximum Gasteiger partial charge on any atom is 0.291 e. The summed E-state index contributed by atoms with van der Waals surface area (Å²) in [6.45, 7) is 10.1. The van der Waals surface area contributed by atoms with Crippen LogP contribution in [0.15, 0.2) is 34.7 Å². The topological polar surface area (TPSA) is 42.2 Å². The number of anilines is 1. The molecule has 2 aromatic carbocycles. The Morgan fingerprint density at radius 1 is 1.04 bits per heavy atom. The molecule has 0 aliphatic carbocycles. The van der Waals surface area contributed by atoms with Crippen molar-refractivity contribution in [3.05, 3.63) is 63.9 Å². The number of benzene rings is 2. The fraction of sp³-hybridized carbons (Fsp3) is 0.286. The molecule has 0 atom stereocenters. The third-order valence-corrected chi connectivity index (χ3v) is 4.53. The average Bonchev–Trinajstić information content (AvgIpc) is 2.87. The molecule has 24 heavy (non-hydrogen) atoms. The van der Waals surface area contributed by atoms with Gasteiger partial charge in [-0.25, -0.2) is 0 Å². The zero-order valence-corrected chi connectivity index (χ0v) is 14.9. The maximum atomic E-state index is 12.7. The summed E-state index contributed by atoms with van der Waals surface area (Å²) >= 11 is 0. The molecule has 0 aliphatic rings. The summed E-state index contributed by atoms with van der Waals surface area (Å²) in [4.78, 5) is 12.7. The van der Waals surface area contributed by atoms with E-state index in [0.29, 0.717) is 5.76 Å². The second-order valence-electron chi connectivity index (χ2n) is 6.47. The van der Waals surface area contributed by atoms with Crippen LogP contribution in [0.5, 0.6) is 0 Å². The van der Waals surface area contributed by atoms with Crippen LogP contribution in [0.25, 0.3) is 11.0 Å². The van der Waals surface area contributed by atoms with E-state index >= 15 is 0 Å². The third kappa shape index (κ3) is 2.82. The number of furan rings is 1. The number of carbonyl (C=O) groups excluding carboxylic acids is 1. The number of hydrogen-bond acceptors (Lipinski definition) is 2. The van der Waals surface area contributed by atoms with E-state index in [9.17, 15) is 4.79 Å². The molecular weight excluding hydrogens is 298 g/mol. The number of fused-ring (bicyclic) bond motifs is 1. The van der Waals surface area contributed by atoms with Crippen molar-refractivity contribution in [2.45, 2.75) is 41.0 Å². The molecular formula is C21H23NO2. The largest absolute Gasteiger partial charge is 0.451 e. The van der Waals surface area contributed by atoms with Crippen molar-refractivity contribution in [1.29, 1.82) is 0 Å². The van der Waals surface area contributed by atoms with Crippen LogP contribution in [0.2, 0.25) is 0 Å². The van der Waals surface area contributed by atoms with Gasteiger partial charge in [0.15, 0.2) is 5.76 Å². The predicted octanol–water partition coefficient (Wildman–Crippen LogP) is 5.48. The van der Waals surface area contributed by atoms with Gasteiger partial charge < -0.3 is 9.73 Å². The minimum atomic E-state index is -0.197. The Balaban J connectivity index is 1.99. The molecule has 0 aliphatic heterocycles. The summed E-state index contributed by atoms with van der Waals surface area (Å²) in [5.41, 5.74) is 7.05. The van der Waals surface area contributed by atoms with E-state index in [1.807, 2.05) is 32.9 Å². The molecule has 124 valence electrons. The molecule has 1 aromatic heterocycles. The van der Waals surface area contributed by atoms with Gasteiger partial charge in [-0.05, 0) is 62.9 Å². The lowest BCUT2D eigenvalue weighted by atomic mass is 10.0. The van der Waals surface area contributed by atoms with Gasteiger partial charge in [0.2, 0.25) is 0 Å². The third-order valence-electron chi connectivity index (χ3n) is 4.53. The first-order valence-corrected chi connectivity index (χ1v) is 8.32. The van der Waals surface area contributed by atoms with Gasteiger partial charge in [0.05, 0.1) is 0 Å². The van der Waals surface area contributed by atoms with E-state index in [1.54, 1.807) is 0 Å². The molecule has 3 rings (SSSR count). The Kier molecular flexibility index (Phi) is 4.18. The zero-order chi connectivity index (χ0) is 17.4. The Labute approximate surface area is 142 Å². The van der Waals surface area contributed by atoms with Crippen molar-refractivity contribution in [2.24, 2.45) is 0 Å². The summed E-state index contributed by atoms with van der Waals surface area (Å²) in [7, 11) is 0. The fourth-order valence-corrected chi connectivity index (χ4v) is 3.25. The highest BCUT2D eigenvalue weighted by Crippen LogP contribution is 2.28. The smallest absolute Gasteiger partial charge is 0.291 e. The number of aryl methyl sites for hydroxylation is 5. The van der Waals surface area contributed by atoms with Crippen molar-refractivity contribution in [3.63, 3.8) is 0 Å². The first kappa shape index (κ1) is 16.3. The van der Waals surface area contributed by atoms with Crippen LogP contribution >= 0.6 is 0 Å². The molecule has 0 saturated heterocycles. The number of rotatable bonds is 3. The zero-order valence-electron chi connectivity index (χ0n) is 14.9. The van der Waals surface area contributed by atoms with E-state index in [2.05, 4.69) is 37.4 Å². The lowest BCUT2D eigenvalue weighted by molar-refractivity contribution is 0.0997. The lowest BCUT2D eigenvalue weighted by Crippen LogP contribution is -2.14. The van der Waals surface area contributed by atoms with Gasteiger partial charge in [-0.15, -0.1) is 0 Å². The van der Waals surface area contributed by atoms with E-state index < -0.39 is 0 Å². The first-order chi connectivity index (χ1) is 11.4. The van der Waals surface area contributed by atoms with E-state index in [4.69, 9.17) is 4.42 Å². The molecule has 0 spiro atoms. The molecule has 3 heteroatoms. The van der Waals surface area contributed by atoms with Gasteiger partial charge in [-0.2, -0.15) is 0 Å². The Hall–Kier alpha value is -2.55. The van der Waals surface area contributed by atoms with Gasteiger partial charge in [0.1, 0.15) is 5.58 Å². The lowest BCUT2D eigenvalue weighted by Gasteiger charge is -2.12. The van der Waals surface area contributed by atoms with Crippen LogP contribution in [-0.4, -0.2) is 5.91 Å². The highest BCUT2D eigenvalue weighted by Gasteiger charge is 2.19. The highest BCUT2D eigenvalue weighted by atomic mass is 16.3. The molecule has 0 bridgehead atoms. The number of nitrogens with one attached hydrogen (secondary N) is 1. The molecule has 1 N–H and O–H groups in total. The second kappa shape index (κ2) is 6.16. The number of hydrogen-bond donors (Lipinski definition) is 1. The van der Waals surface area contributed by atoms with Crippen molar-refractivity contribution < 1.29 is 9.21 Å². The molecule has 0 fully saturated rings. The summed E-state index contributed by atoms with van der Waals surface area (Å²) in [6.07, 6.45) is 0.962. The first-order valence-electron chi connectivity index (χ1n) is 8.32. The van der Waals surface area contributed by atoms with Gasteiger partial charge in [0.25, 0.3) is 5.91 Å². The molecule has 3 nitrogen and oxygen atoms in total. The molecule has 0 unspecified atom stereocenters. The van der Waals surface area contributed by atoms with Gasteiger partial charge in [-0.3, -0.25) is 4.79 Å². The molecule has 1 amide bonds. The Morgan fingerprint density at radius 2 is 1.71 bits per heavy atom. The van der Waals surface area contributed by atoms with Crippen molar-refractivity contribution in [2.75, 3.05) is 5.32 Å². The summed E-state index contributed by atoms with van der Waals surface area (Å²) in [5.74, 6) is 0.189. The standard InChI is InChI=1S/C21H23NO2/c1-6-16-7-8-18-17(11-16)15(5)20(24-18)21(23)22-19-13(3)9-12(2)10-14(19)4/h7-11H,6H2,1-5H3,(H,22,23). The Morgan fingerprint density at radius 3 is 2.33 bits per heavy atom. The van der Waals surface area contributed by atoms with E-state index in [0.717, 1.165) is 39.8 Å².